The van der Waals surface area contributed by atoms with Crippen molar-refractivity contribution in [2.45, 2.75) is 50.5 Å². The topological polar surface area (TPSA) is 261 Å². The highest BCUT2D eigenvalue weighted by Gasteiger charge is 2.30. The SMILES string of the molecule is NC1NC(=O)C2=C(NC[C@H](CNc3ccc(C(=O)N[C@@H](CCC(=O)N[C@@H](CCC(=O)O)C(=O)O)C(=O)O)cc3)C2)N1. The summed E-state index contributed by atoms with van der Waals surface area (Å²) in [5, 5.41) is 43.8. The molecule has 0 bridgehead atoms. The number of carbonyl (C=O) groups is 6. The number of carboxylic acids is 3. The van der Waals surface area contributed by atoms with E-state index in [1.807, 2.05) is 0 Å². The third-order valence-electron chi connectivity index (χ3n) is 6.51. The molecule has 2 heterocycles. The Balaban J connectivity index is 1.47. The average Bonchev–Trinajstić information content (AvgIpc) is 2.91. The van der Waals surface area contributed by atoms with Gasteiger partial charge < -0.3 is 47.2 Å². The molecular weight excluding hydrogens is 542 g/mol. The van der Waals surface area contributed by atoms with E-state index in [2.05, 4.69) is 31.9 Å². The third kappa shape index (κ3) is 9.10. The number of aliphatic carboxylic acids is 3. The Hall–Kier alpha value is -4.86. The number of nitrogens with one attached hydrogen (secondary N) is 6. The number of nitrogens with two attached hydrogens (primary N) is 1. The second kappa shape index (κ2) is 14.0. The number of carboxylic acid groups (broad SMARTS) is 3. The van der Waals surface area contributed by atoms with Gasteiger partial charge in [-0.15, -0.1) is 0 Å². The third-order valence-corrected chi connectivity index (χ3v) is 6.51. The van der Waals surface area contributed by atoms with Crippen LogP contribution in [0.3, 0.4) is 0 Å². The minimum absolute atomic E-state index is 0.107. The largest absolute Gasteiger partial charge is 0.481 e. The molecule has 0 saturated heterocycles. The van der Waals surface area contributed by atoms with Gasteiger partial charge in [-0.1, -0.05) is 0 Å². The van der Waals surface area contributed by atoms with E-state index in [0.717, 1.165) is 0 Å². The van der Waals surface area contributed by atoms with Crippen LogP contribution in [0.15, 0.2) is 35.7 Å². The van der Waals surface area contributed by atoms with Gasteiger partial charge in [-0.3, -0.25) is 24.9 Å². The van der Waals surface area contributed by atoms with Crippen molar-refractivity contribution < 1.29 is 44.1 Å². The lowest BCUT2D eigenvalue weighted by atomic mass is 9.94. The van der Waals surface area contributed by atoms with Crippen LogP contribution in [-0.2, 0) is 24.0 Å². The van der Waals surface area contributed by atoms with E-state index < -0.39 is 60.9 Å². The molecule has 4 atom stereocenters. The van der Waals surface area contributed by atoms with Crippen molar-refractivity contribution in [3.63, 3.8) is 0 Å². The van der Waals surface area contributed by atoms with Crippen molar-refractivity contribution in [2.75, 3.05) is 18.4 Å². The lowest BCUT2D eigenvalue weighted by molar-refractivity contribution is -0.143. The second-order valence-corrected chi connectivity index (χ2v) is 9.65. The summed E-state index contributed by atoms with van der Waals surface area (Å²) in [6.07, 6.45) is -1.63. The van der Waals surface area contributed by atoms with Crippen LogP contribution >= 0.6 is 0 Å². The fourth-order valence-electron chi connectivity index (χ4n) is 4.29. The number of hydrogen-bond donors (Lipinski definition) is 10. The van der Waals surface area contributed by atoms with E-state index in [1.54, 1.807) is 12.1 Å². The van der Waals surface area contributed by atoms with E-state index >= 15 is 0 Å². The van der Waals surface area contributed by atoms with Gasteiger partial charge in [0.25, 0.3) is 11.8 Å². The summed E-state index contributed by atoms with van der Waals surface area (Å²) in [6.45, 7) is 1.16. The molecule has 2 aliphatic heterocycles. The highest BCUT2D eigenvalue weighted by molar-refractivity contribution is 5.97. The van der Waals surface area contributed by atoms with Crippen LogP contribution in [0.4, 0.5) is 5.69 Å². The maximum atomic E-state index is 12.6. The molecule has 1 unspecified atom stereocenters. The van der Waals surface area contributed by atoms with E-state index in [1.165, 1.54) is 12.1 Å². The van der Waals surface area contributed by atoms with Crippen LogP contribution in [0.2, 0.25) is 0 Å². The zero-order valence-corrected chi connectivity index (χ0v) is 21.9. The van der Waals surface area contributed by atoms with Crippen LogP contribution in [-0.4, -0.2) is 82.4 Å². The Morgan fingerprint density at radius 1 is 0.927 bits per heavy atom. The van der Waals surface area contributed by atoms with E-state index in [-0.39, 0.29) is 30.2 Å². The minimum Gasteiger partial charge on any atom is -0.481 e. The predicted octanol–water partition coefficient (Wildman–Crippen LogP) is -1.72. The van der Waals surface area contributed by atoms with Gasteiger partial charge in [-0.2, -0.15) is 0 Å². The fourth-order valence-corrected chi connectivity index (χ4v) is 4.29. The van der Waals surface area contributed by atoms with Crippen molar-refractivity contribution in [1.82, 2.24) is 26.6 Å². The minimum atomic E-state index is -1.43. The van der Waals surface area contributed by atoms with Crippen molar-refractivity contribution in [3.05, 3.63) is 41.2 Å². The lowest BCUT2D eigenvalue weighted by Gasteiger charge is -2.34. The van der Waals surface area contributed by atoms with Gasteiger partial charge in [-0.05, 0) is 49.4 Å². The van der Waals surface area contributed by atoms with Gasteiger partial charge in [0.1, 0.15) is 17.9 Å². The van der Waals surface area contributed by atoms with Gasteiger partial charge in [0, 0.05) is 37.2 Å². The van der Waals surface area contributed by atoms with Crippen LogP contribution in [0.25, 0.3) is 0 Å². The molecule has 1 aromatic carbocycles. The standard InChI is InChI=1S/C25H33N7O9/c26-25-31-20-15(22(37)32-25)9-12(11-28-20)10-27-14-3-1-13(2-4-14)21(36)30-17(24(40)41)5-7-18(33)29-16(23(38)39)6-8-19(34)35/h1-4,12,16-17,25,27-28,31H,5-11,26H2,(H,29,33)(H,30,36)(H,32,37)(H,34,35)(H,38,39)(H,40,41)/t12-,16-,17-,25?/m0/s1. The van der Waals surface area contributed by atoms with Gasteiger partial charge in [0.05, 0.1) is 5.57 Å². The van der Waals surface area contributed by atoms with Crippen LogP contribution in [0.5, 0.6) is 0 Å². The molecule has 2 aliphatic rings. The van der Waals surface area contributed by atoms with E-state index in [4.69, 9.17) is 15.9 Å². The number of rotatable bonds is 14. The van der Waals surface area contributed by atoms with Gasteiger partial charge in [0.2, 0.25) is 5.91 Å². The molecule has 16 nitrogen and oxygen atoms in total. The number of benzene rings is 1. The smallest absolute Gasteiger partial charge is 0.326 e. The van der Waals surface area contributed by atoms with Crippen LogP contribution < -0.4 is 37.6 Å². The van der Waals surface area contributed by atoms with E-state index in [0.29, 0.717) is 36.6 Å². The highest BCUT2D eigenvalue weighted by Crippen LogP contribution is 2.22. The van der Waals surface area contributed by atoms with Crippen LogP contribution in [0.1, 0.15) is 42.5 Å². The molecule has 41 heavy (non-hydrogen) atoms. The normalized spacial score (nSPS) is 19.3. The number of anilines is 1. The molecule has 0 aromatic heterocycles. The van der Waals surface area contributed by atoms with Crippen LogP contribution in [0, 0.1) is 5.92 Å². The Kier molecular flexibility index (Phi) is 10.5. The van der Waals surface area contributed by atoms with E-state index in [9.17, 15) is 33.9 Å². The van der Waals surface area contributed by atoms with Gasteiger partial charge in [-0.25, -0.2) is 9.59 Å². The zero-order chi connectivity index (χ0) is 30.1. The summed E-state index contributed by atoms with van der Waals surface area (Å²) >= 11 is 0. The molecular formula is C25H33N7O9. The molecule has 3 amide bonds. The van der Waals surface area contributed by atoms with Crippen molar-refractivity contribution >= 4 is 41.3 Å². The second-order valence-electron chi connectivity index (χ2n) is 9.65. The number of amides is 3. The quantitative estimate of drug-likeness (QED) is 0.118. The summed E-state index contributed by atoms with van der Waals surface area (Å²) in [4.78, 5) is 70.5. The summed E-state index contributed by atoms with van der Waals surface area (Å²) in [5.41, 5.74) is 7.20. The van der Waals surface area contributed by atoms with Crippen molar-refractivity contribution in [2.24, 2.45) is 11.7 Å². The first-order valence-electron chi connectivity index (χ1n) is 12.8. The molecule has 0 radical (unpaired) electrons. The Morgan fingerprint density at radius 2 is 1.56 bits per heavy atom. The van der Waals surface area contributed by atoms with Gasteiger partial charge >= 0.3 is 17.9 Å². The van der Waals surface area contributed by atoms with Crippen molar-refractivity contribution in [1.29, 1.82) is 0 Å². The molecule has 11 N–H and O–H groups in total. The Bertz CT molecular complexity index is 1220. The number of hydrogen-bond acceptors (Lipinski definition) is 10. The highest BCUT2D eigenvalue weighted by atomic mass is 16.4. The Labute approximate surface area is 234 Å². The lowest BCUT2D eigenvalue weighted by Crippen LogP contribution is -2.59. The Morgan fingerprint density at radius 3 is 2.20 bits per heavy atom. The molecule has 0 aliphatic carbocycles. The molecule has 0 fully saturated rings. The molecule has 222 valence electrons. The zero-order valence-electron chi connectivity index (χ0n) is 21.9. The first-order chi connectivity index (χ1) is 19.4. The van der Waals surface area contributed by atoms with Gasteiger partial charge in [0.15, 0.2) is 6.29 Å². The first kappa shape index (κ1) is 30.7. The molecule has 0 spiro atoms. The maximum Gasteiger partial charge on any atom is 0.326 e. The number of carbonyl (C=O) groups excluding carboxylic acids is 3. The predicted molar refractivity (Wildman–Crippen MR) is 142 cm³/mol. The summed E-state index contributed by atoms with van der Waals surface area (Å²) in [7, 11) is 0. The molecule has 0 saturated carbocycles. The average molecular weight is 576 g/mol. The van der Waals surface area contributed by atoms with Crippen molar-refractivity contribution in [3.8, 4) is 0 Å². The first-order valence-corrected chi connectivity index (χ1v) is 12.8. The summed E-state index contributed by atoms with van der Waals surface area (Å²) in [5.74, 6) is -4.97. The summed E-state index contributed by atoms with van der Waals surface area (Å²) in [6, 6.07) is 3.44. The fraction of sp³-hybridized carbons (Fsp3) is 0.440. The maximum absolute atomic E-state index is 12.6. The monoisotopic (exact) mass is 575 g/mol. The molecule has 3 rings (SSSR count). The molecule has 1 aromatic rings. The molecule has 16 heteroatoms. The summed E-state index contributed by atoms with van der Waals surface area (Å²) < 4.78 is 0.